The number of methoxy groups -OCH3 is 1. The molecule has 1 aromatic carbocycles. The number of nitrogens with one attached hydrogen (secondary N) is 2. The van der Waals surface area contributed by atoms with Crippen LogP contribution in [0.3, 0.4) is 0 Å². The molecule has 8 heteroatoms. The molecular formula is C20H24IN5O2. The van der Waals surface area contributed by atoms with Gasteiger partial charge in [0.2, 0.25) is 11.8 Å². The van der Waals surface area contributed by atoms with Crippen molar-refractivity contribution in [2.45, 2.75) is 20.0 Å². The minimum Gasteiger partial charge on any atom is -0.481 e. The topological polar surface area (TPSA) is 84.6 Å². The highest BCUT2D eigenvalue weighted by Crippen LogP contribution is 2.18. The van der Waals surface area contributed by atoms with Crippen molar-refractivity contribution in [3.8, 4) is 17.3 Å². The molecule has 0 saturated heterocycles. The van der Waals surface area contributed by atoms with Crippen molar-refractivity contribution in [1.29, 1.82) is 0 Å². The maximum atomic E-state index is 5.55. The third-order valence-electron chi connectivity index (χ3n) is 3.74. The average Bonchev–Trinajstić information content (AvgIpc) is 3.20. The van der Waals surface area contributed by atoms with Gasteiger partial charge in [-0.15, -0.1) is 24.0 Å². The van der Waals surface area contributed by atoms with Crippen molar-refractivity contribution in [3.05, 3.63) is 66.2 Å². The van der Waals surface area contributed by atoms with Crippen LogP contribution in [0.25, 0.3) is 11.5 Å². The fraction of sp³-hybridized carbons (Fsp3) is 0.250. The van der Waals surface area contributed by atoms with Gasteiger partial charge in [-0.25, -0.2) is 15.0 Å². The van der Waals surface area contributed by atoms with Crippen molar-refractivity contribution in [3.63, 3.8) is 0 Å². The standard InChI is InChI=1S/C20H23N5O2.HI/c1-3-21-20(22-12-16-10-7-11-18(24-16)26-2)23-13-17-14-27-19(25-17)15-8-5-4-6-9-15;/h4-11,14H,3,12-13H2,1-2H3,(H2,21,22,23);1H. The van der Waals surface area contributed by atoms with Gasteiger partial charge in [0.1, 0.15) is 12.0 Å². The predicted molar refractivity (Wildman–Crippen MR) is 120 cm³/mol. The van der Waals surface area contributed by atoms with Crippen molar-refractivity contribution in [1.82, 2.24) is 20.6 Å². The average molecular weight is 493 g/mol. The zero-order valence-electron chi connectivity index (χ0n) is 15.9. The summed E-state index contributed by atoms with van der Waals surface area (Å²) in [5, 5.41) is 6.47. The van der Waals surface area contributed by atoms with Crippen molar-refractivity contribution in [2.75, 3.05) is 13.7 Å². The Hall–Kier alpha value is -2.62. The molecule has 3 rings (SSSR count). The second kappa shape index (κ2) is 11.3. The fourth-order valence-electron chi connectivity index (χ4n) is 2.44. The molecule has 0 bridgehead atoms. The first kappa shape index (κ1) is 21.7. The molecule has 0 aliphatic rings. The zero-order valence-corrected chi connectivity index (χ0v) is 18.2. The predicted octanol–water partition coefficient (Wildman–Crippen LogP) is 3.62. The lowest BCUT2D eigenvalue weighted by Crippen LogP contribution is -2.37. The highest BCUT2D eigenvalue weighted by Gasteiger charge is 2.06. The molecule has 28 heavy (non-hydrogen) atoms. The summed E-state index contributed by atoms with van der Waals surface area (Å²) in [6.45, 7) is 3.73. The van der Waals surface area contributed by atoms with E-state index < -0.39 is 0 Å². The van der Waals surface area contributed by atoms with E-state index in [0.717, 1.165) is 23.5 Å². The first-order valence-electron chi connectivity index (χ1n) is 8.80. The number of rotatable bonds is 7. The van der Waals surface area contributed by atoms with E-state index in [4.69, 9.17) is 9.15 Å². The fourth-order valence-corrected chi connectivity index (χ4v) is 2.44. The summed E-state index contributed by atoms with van der Waals surface area (Å²) < 4.78 is 10.7. The molecule has 0 radical (unpaired) electrons. The van der Waals surface area contributed by atoms with Gasteiger partial charge >= 0.3 is 0 Å². The Bertz CT molecular complexity index is 883. The summed E-state index contributed by atoms with van der Waals surface area (Å²) in [5.74, 6) is 1.87. The number of guanidine groups is 1. The molecule has 148 valence electrons. The van der Waals surface area contributed by atoms with E-state index in [2.05, 4.69) is 25.6 Å². The van der Waals surface area contributed by atoms with E-state index in [0.29, 0.717) is 30.8 Å². The molecule has 2 heterocycles. The zero-order chi connectivity index (χ0) is 18.9. The summed E-state index contributed by atoms with van der Waals surface area (Å²) in [6.07, 6.45) is 1.64. The van der Waals surface area contributed by atoms with E-state index in [1.807, 2.05) is 55.5 Å². The maximum absolute atomic E-state index is 5.55. The van der Waals surface area contributed by atoms with Crippen LogP contribution in [0.1, 0.15) is 18.3 Å². The maximum Gasteiger partial charge on any atom is 0.226 e. The molecule has 0 saturated carbocycles. The van der Waals surface area contributed by atoms with Crippen LogP contribution in [0, 0.1) is 0 Å². The highest BCUT2D eigenvalue weighted by atomic mass is 127. The van der Waals surface area contributed by atoms with Crippen LogP contribution in [-0.2, 0) is 13.1 Å². The van der Waals surface area contributed by atoms with Gasteiger partial charge in [0.05, 0.1) is 25.9 Å². The number of halogens is 1. The Balaban J connectivity index is 0.00000280. The Morgan fingerprint density at radius 2 is 1.86 bits per heavy atom. The van der Waals surface area contributed by atoms with Gasteiger partial charge in [0, 0.05) is 18.2 Å². The quantitative estimate of drug-likeness (QED) is 0.297. The Labute approximate surface area is 181 Å². The third-order valence-corrected chi connectivity index (χ3v) is 3.74. The summed E-state index contributed by atoms with van der Waals surface area (Å²) in [5.41, 5.74) is 2.58. The molecule has 2 aromatic heterocycles. The number of aromatic nitrogens is 2. The van der Waals surface area contributed by atoms with Crippen LogP contribution < -0.4 is 15.4 Å². The van der Waals surface area contributed by atoms with Crippen molar-refractivity contribution < 1.29 is 9.15 Å². The van der Waals surface area contributed by atoms with Gasteiger partial charge in [-0.2, -0.15) is 0 Å². The molecule has 0 aliphatic heterocycles. The lowest BCUT2D eigenvalue weighted by molar-refractivity contribution is 0.396. The van der Waals surface area contributed by atoms with Gasteiger partial charge in [0.15, 0.2) is 5.96 Å². The third kappa shape index (κ3) is 6.22. The van der Waals surface area contributed by atoms with Crippen molar-refractivity contribution >= 4 is 29.9 Å². The molecule has 7 nitrogen and oxygen atoms in total. The number of nitrogens with zero attached hydrogens (tertiary/aromatic N) is 3. The lowest BCUT2D eigenvalue weighted by Gasteiger charge is -2.11. The second-order valence-corrected chi connectivity index (χ2v) is 5.73. The number of ether oxygens (including phenoxy) is 1. The Kier molecular flexibility index (Phi) is 8.73. The van der Waals surface area contributed by atoms with Crippen LogP contribution >= 0.6 is 24.0 Å². The largest absolute Gasteiger partial charge is 0.481 e. The van der Waals surface area contributed by atoms with Crippen LogP contribution in [-0.4, -0.2) is 29.6 Å². The molecule has 0 atom stereocenters. The summed E-state index contributed by atoms with van der Waals surface area (Å²) in [4.78, 5) is 13.4. The van der Waals surface area contributed by atoms with Crippen LogP contribution in [0.2, 0.25) is 0 Å². The molecule has 2 N–H and O–H groups in total. The molecule has 0 unspecified atom stereocenters. The number of benzene rings is 1. The molecule has 0 aliphatic carbocycles. The molecular weight excluding hydrogens is 469 g/mol. The Morgan fingerprint density at radius 3 is 2.61 bits per heavy atom. The van der Waals surface area contributed by atoms with E-state index in [1.165, 1.54) is 0 Å². The van der Waals surface area contributed by atoms with Gasteiger partial charge in [-0.3, -0.25) is 0 Å². The second-order valence-electron chi connectivity index (χ2n) is 5.73. The van der Waals surface area contributed by atoms with E-state index >= 15 is 0 Å². The number of oxazole rings is 1. The van der Waals surface area contributed by atoms with Crippen LogP contribution in [0.15, 0.2) is 64.2 Å². The SMILES string of the molecule is CCNC(=NCc1coc(-c2ccccc2)n1)NCc1cccc(OC)n1.I. The van der Waals surface area contributed by atoms with Crippen LogP contribution in [0.4, 0.5) is 0 Å². The molecule has 0 amide bonds. The van der Waals surface area contributed by atoms with E-state index in [-0.39, 0.29) is 24.0 Å². The van der Waals surface area contributed by atoms with Gasteiger partial charge < -0.3 is 19.8 Å². The number of hydrogen-bond donors (Lipinski definition) is 2. The summed E-state index contributed by atoms with van der Waals surface area (Å²) in [6, 6.07) is 15.5. The number of hydrogen-bond acceptors (Lipinski definition) is 5. The first-order valence-corrected chi connectivity index (χ1v) is 8.80. The normalized spacial score (nSPS) is 10.9. The minimum absolute atomic E-state index is 0. The Morgan fingerprint density at radius 1 is 1.04 bits per heavy atom. The number of pyridine rings is 1. The molecule has 3 aromatic rings. The number of aliphatic imine (C=N–C) groups is 1. The first-order chi connectivity index (χ1) is 13.3. The summed E-state index contributed by atoms with van der Waals surface area (Å²) >= 11 is 0. The van der Waals surface area contributed by atoms with Gasteiger partial charge in [0.25, 0.3) is 0 Å². The summed E-state index contributed by atoms with van der Waals surface area (Å²) in [7, 11) is 1.60. The molecule has 0 fully saturated rings. The smallest absolute Gasteiger partial charge is 0.226 e. The lowest BCUT2D eigenvalue weighted by atomic mass is 10.2. The van der Waals surface area contributed by atoms with E-state index in [9.17, 15) is 0 Å². The van der Waals surface area contributed by atoms with Crippen LogP contribution in [0.5, 0.6) is 5.88 Å². The molecule has 0 spiro atoms. The van der Waals surface area contributed by atoms with Gasteiger partial charge in [-0.1, -0.05) is 24.3 Å². The highest BCUT2D eigenvalue weighted by molar-refractivity contribution is 14.0. The monoisotopic (exact) mass is 493 g/mol. The van der Waals surface area contributed by atoms with Crippen molar-refractivity contribution in [2.24, 2.45) is 4.99 Å². The van der Waals surface area contributed by atoms with E-state index in [1.54, 1.807) is 13.4 Å². The van der Waals surface area contributed by atoms with Gasteiger partial charge in [-0.05, 0) is 25.1 Å². The minimum atomic E-state index is 0.